The van der Waals surface area contributed by atoms with E-state index in [9.17, 15) is 9.59 Å². The van der Waals surface area contributed by atoms with Gasteiger partial charge in [0.05, 0.1) is 24.5 Å². The van der Waals surface area contributed by atoms with Crippen molar-refractivity contribution < 1.29 is 9.53 Å². The summed E-state index contributed by atoms with van der Waals surface area (Å²) in [5, 5.41) is 3.38. The van der Waals surface area contributed by atoms with Crippen molar-refractivity contribution in [1.82, 2.24) is 9.55 Å². The highest BCUT2D eigenvalue weighted by Crippen LogP contribution is 2.35. The van der Waals surface area contributed by atoms with Crippen molar-refractivity contribution in [2.24, 2.45) is 0 Å². The maximum Gasteiger partial charge on any atom is 0.263 e. The highest BCUT2D eigenvalue weighted by molar-refractivity contribution is 7.19. The van der Waals surface area contributed by atoms with Gasteiger partial charge < -0.3 is 10.1 Å². The van der Waals surface area contributed by atoms with Crippen LogP contribution in [0.4, 0.5) is 5.69 Å². The second-order valence-electron chi connectivity index (χ2n) is 6.90. The standard InChI is InChI=1S/C23H21N3O3S/c1-14(21(27)25-17-11-7-8-12-18(17)29-3)26-13-24-22-20(23(26)28)19(15(2)30-22)16-9-5-4-6-10-16/h4-14H,1-3H3,(H,25,27). The van der Waals surface area contributed by atoms with Crippen LogP contribution < -0.4 is 15.6 Å². The van der Waals surface area contributed by atoms with Crippen LogP contribution in [0.1, 0.15) is 17.8 Å². The Balaban J connectivity index is 1.75. The molecule has 0 aliphatic rings. The van der Waals surface area contributed by atoms with Gasteiger partial charge in [-0.05, 0) is 31.5 Å². The van der Waals surface area contributed by atoms with Crippen LogP contribution >= 0.6 is 11.3 Å². The van der Waals surface area contributed by atoms with Crippen molar-refractivity contribution in [3.63, 3.8) is 0 Å². The Morgan fingerprint density at radius 2 is 1.83 bits per heavy atom. The summed E-state index contributed by atoms with van der Waals surface area (Å²) in [6.45, 7) is 3.66. The molecule has 0 fully saturated rings. The van der Waals surface area contributed by atoms with Gasteiger partial charge in [0.1, 0.15) is 16.6 Å². The van der Waals surface area contributed by atoms with Gasteiger partial charge in [-0.15, -0.1) is 11.3 Å². The Hall–Kier alpha value is -3.45. The topological polar surface area (TPSA) is 73.2 Å². The quantitative estimate of drug-likeness (QED) is 0.511. The summed E-state index contributed by atoms with van der Waals surface area (Å²) in [6.07, 6.45) is 1.45. The second-order valence-corrected chi connectivity index (χ2v) is 8.11. The van der Waals surface area contributed by atoms with Gasteiger partial charge in [0.15, 0.2) is 0 Å². The molecule has 2 aromatic heterocycles. The number of carbonyl (C=O) groups excluding carboxylic acids is 1. The molecule has 1 N–H and O–H groups in total. The molecule has 0 saturated heterocycles. The van der Waals surface area contributed by atoms with Crippen molar-refractivity contribution in [1.29, 1.82) is 0 Å². The first-order valence-corrected chi connectivity index (χ1v) is 10.3. The van der Waals surface area contributed by atoms with E-state index in [4.69, 9.17) is 4.74 Å². The van der Waals surface area contributed by atoms with Gasteiger partial charge in [0.2, 0.25) is 5.91 Å². The highest BCUT2D eigenvalue weighted by Gasteiger charge is 2.22. The Morgan fingerprint density at radius 1 is 1.13 bits per heavy atom. The zero-order valence-electron chi connectivity index (χ0n) is 16.9. The van der Waals surface area contributed by atoms with E-state index in [-0.39, 0.29) is 11.5 Å². The Kier molecular flexibility index (Phi) is 5.37. The minimum Gasteiger partial charge on any atom is -0.495 e. The van der Waals surface area contributed by atoms with Gasteiger partial charge in [-0.1, -0.05) is 42.5 Å². The Bertz CT molecular complexity index is 1280. The van der Waals surface area contributed by atoms with Crippen molar-refractivity contribution in [2.75, 3.05) is 12.4 Å². The van der Waals surface area contributed by atoms with Crippen LogP contribution in [0.2, 0.25) is 0 Å². The van der Waals surface area contributed by atoms with E-state index in [1.807, 2.05) is 49.4 Å². The third-order valence-corrected chi connectivity index (χ3v) is 6.05. The molecule has 0 aliphatic heterocycles. The van der Waals surface area contributed by atoms with Gasteiger partial charge in [-0.3, -0.25) is 14.2 Å². The Labute approximate surface area is 177 Å². The van der Waals surface area contributed by atoms with Gasteiger partial charge in [0, 0.05) is 10.4 Å². The molecule has 7 heteroatoms. The lowest BCUT2D eigenvalue weighted by molar-refractivity contribution is -0.118. The average Bonchev–Trinajstić information content (AvgIpc) is 3.11. The third kappa shape index (κ3) is 3.48. The normalized spacial score (nSPS) is 12.0. The smallest absolute Gasteiger partial charge is 0.263 e. The van der Waals surface area contributed by atoms with Crippen LogP contribution in [0, 0.1) is 6.92 Å². The van der Waals surface area contributed by atoms with Crippen LogP contribution in [-0.4, -0.2) is 22.6 Å². The van der Waals surface area contributed by atoms with Crippen LogP contribution in [0.5, 0.6) is 5.75 Å². The minimum absolute atomic E-state index is 0.231. The molecule has 2 heterocycles. The zero-order chi connectivity index (χ0) is 21.3. The fourth-order valence-electron chi connectivity index (χ4n) is 3.46. The van der Waals surface area contributed by atoms with E-state index in [0.29, 0.717) is 21.7 Å². The molecule has 1 unspecified atom stereocenters. The average molecular weight is 420 g/mol. The number of ether oxygens (including phenoxy) is 1. The predicted octanol–water partition coefficient (Wildman–Crippen LogP) is 4.64. The number of methoxy groups -OCH3 is 1. The van der Waals surface area contributed by atoms with E-state index < -0.39 is 6.04 Å². The number of para-hydroxylation sites is 2. The van der Waals surface area contributed by atoms with Crippen molar-refractivity contribution >= 4 is 33.1 Å². The van der Waals surface area contributed by atoms with Crippen LogP contribution in [-0.2, 0) is 4.79 Å². The minimum atomic E-state index is -0.747. The first kappa shape index (κ1) is 19.8. The van der Waals surface area contributed by atoms with Crippen molar-refractivity contribution in [2.45, 2.75) is 19.9 Å². The molecule has 0 bridgehead atoms. The summed E-state index contributed by atoms with van der Waals surface area (Å²) in [7, 11) is 1.54. The number of rotatable bonds is 5. The van der Waals surface area contributed by atoms with E-state index >= 15 is 0 Å². The molecule has 0 spiro atoms. The monoisotopic (exact) mass is 419 g/mol. The molecular formula is C23H21N3O3S. The second kappa shape index (κ2) is 8.12. The first-order valence-electron chi connectivity index (χ1n) is 9.50. The van der Waals surface area contributed by atoms with Crippen molar-refractivity contribution in [3.8, 4) is 16.9 Å². The van der Waals surface area contributed by atoms with E-state index in [2.05, 4.69) is 10.3 Å². The van der Waals surface area contributed by atoms with E-state index in [0.717, 1.165) is 16.0 Å². The number of hydrogen-bond donors (Lipinski definition) is 1. The number of nitrogens with one attached hydrogen (secondary N) is 1. The number of fused-ring (bicyclic) bond motifs is 1. The fraction of sp³-hybridized carbons (Fsp3) is 0.174. The largest absolute Gasteiger partial charge is 0.495 e. The van der Waals surface area contributed by atoms with Crippen LogP contribution in [0.3, 0.4) is 0 Å². The predicted molar refractivity (Wildman–Crippen MR) is 120 cm³/mol. The molecule has 30 heavy (non-hydrogen) atoms. The number of anilines is 1. The number of thiophene rings is 1. The number of nitrogens with zero attached hydrogens (tertiary/aromatic N) is 2. The van der Waals surface area contributed by atoms with Gasteiger partial charge in [-0.2, -0.15) is 0 Å². The molecule has 0 radical (unpaired) electrons. The first-order chi connectivity index (χ1) is 14.5. The summed E-state index contributed by atoms with van der Waals surface area (Å²) < 4.78 is 6.67. The summed E-state index contributed by atoms with van der Waals surface area (Å²) >= 11 is 1.48. The number of carbonyl (C=O) groups is 1. The third-order valence-electron chi connectivity index (χ3n) is 5.04. The lowest BCUT2D eigenvalue weighted by Gasteiger charge is -2.16. The maximum atomic E-state index is 13.4. The zero-order valence-corrected chi connectivity index (χ0v) is 17.7. The molecule has 1 atom stereocenters. The molecule has 6 nitrogen and oxygen atoms in total. The lowest BCUT2D eigenvalue weighted by Crippen LogP contribution is -2.31. The van der Waals surface area contributed by atoms with Crippen LogP contribution in [0.15, 0.2) is 65.7 Å². The molecule has 2 aromatic carbocycles. The van der Waals surface area contributed by atoms with Gasteiger partial charge in [-0.25, -0.2) is 4.98 Å². The van der Waals surface area contributed by atoms with E-state index in [1.54, 1.807) is 26.2 Å². The Morgan fingerprint density at radius 3 is 2.57 bits per heavy atom. The molecule has 4 rings (SSSR count). The lowest BCUT2D eigenvalue weighted by atomic mass is 10.0. The van der Waals surface area contributed by atoms with Crippen molar-refractivity contribution in [3.05, 3.63) is 76.2 Å². The molecule has 0 aliphatic carbocycles. The summed E-state index contributed by atoms with van der Waals surface area (Å²) in [5.74, 6) is 0.231. The number of aromatic nitrogens is 2. The van der Waals surface area contributed by atoms with E-state index in [1.165, 1.54) is 22.2 Å². The SMILES string of the molecule is COc1ccccc1NC(=O)C(C)n1cnc2sc(C)c(-c3ccccc3)c2c1=O. The summed E-state index contributed by atoms with van der Waals surface area (Å²) in [5.41, 5.74) is 2.16. The summed E-state index contributed by atoms with van der Waals surface area (Å²) in [6, 6.07) is 16.2. The number of hydrogen-bond acceptors (Lipinski definition) is 5. The fourth-order valence-corrected chi connectivity index (χ4v) is 4.46. The molecule has 1 amide bonds. The number of benzene rings is 2. The number of amides is 1. The van der Waals surface area contributed by atoms with Gasteiger partial charge in [0.25, 0.3) is 5.56 Å². The van der Waals surface area contributed by atoms with Crippen LogP contribution in [0.25, 0.3) is 21.3 Å². The van der Waals surface area contributed by atoms with Gasteiger partial charge >= 0.3 is 0 Å². The molecule has 4 aromatic rings. The summed E-state index contributed by atoms with van der Waals surface area (Å²) in [4.78, 5) is 32.4. The molecular weight excluding hydrogens is 398 g/mol. The molecule has 0 saturated carbocycles. The maximum absolute atomic E-state index is 13.4. The molecule has 152 valence electrons. The highest BCUT2D eigenvalue weighted by atomic mass is 32.1. The number of aryl methyl sites for hydroxylation is 1.